The maximum Gasteiger partial charge on any atom is 0.253 e. The van der Waals surface area contributed by atoms with Crippen molar-refractivity contribution in [3.63, 3.8) is 0 Å². The number of hydrogen-bond donors (Lipinski definition) is 0. The minimum atomic E-state index is 0.0633. The van der Waals surface area contributed by atoms with E-state index >= 15 is 0 Å². The molecule has 3 aromatic rings. The third-order valence-electron chi connectivity index (χ3n) is 5.65. The highest BCUT2D eigenvalue weighted by molar-refractivity contribution is 5.94. The van der Waals surface area contributed by atoms with Crippen LogP contribution in [-0.2, 0) is 13.2 Å². The molecule has 1 amide bonds. The number of benzene rings is 3. The largest absolute Gasteiger partial charge is 0.493 e. The fraction of sp³-hybridized carbons (Fsp3) is 0.296. The lowest BCUT2D eigenvalue weighted by Crippen LogP contribution is -2.48. The summed E-state index contributed by atoms with van der Waals surface area (Å²) in [5, 5.41) is 0. The smallest absolute Gasteiger partial charge is 0.253 e. The van der Waals surface area contributed by atoms with Crippen molar-refractivity contribution in [3.8, 4) is 11.5 Å². The number of carbonyl (C=O) groups is 1. The minimum absolute atomic E-state index is 0.0633. The van der Waals surface area contributed by atoms with Gasteiger partial charge >= 0.3 is 0 Å². The molecule has 0 spiro atoms. The number of nitrogens with zero attached hydrogens (tertiary/aromatic N) is 2. The van der Waals surface area contributed by atoms with E-state index in [9.17, 15) is 4.79 Å². The highest BCUT2D eigenvalue weighted by atomic mass is 16.5. The lowest BCUT2D eigenvalue weighted by molar-refractivity contribution is 0.0628. The van der Waals surface area contributed by atoms with E-state index in [0.29, 0.717) is 18.8 Å². The summed E-state index contributed by atoms with van der Waals surface area (Å²) >= 11 is 0. The highest BCUT2D eigenvalue weighted by Gasteiger charge is 2.23. The predicted octanol–water partition coefficient (Wildman–Crippen LogP) is 4.62. The van der Waals surface area contributed by atoms with Crippen molar-refractivity contribution in [1.82, 2.24) is 9.80 Å². The molecule has 1 aliphatic heterocycles. The van der Waals surface area contributed by atoms with Gasteiger partial charge in [0.15, 0.2) is 0 Å². The SMILES string of the molecule is CCOc1ccc(C(=O)N2CCN(Cc3ccccc3)CC2)cc1COc1ccccc1. The summed E-state index contributed by atoms with van der Waals surface area (Å²) in [5.41, 5.74) is 2.86. The first-order chi connectivity index (χ1) is 15.7. The van der Waals surface area contributed by atoms with Crippen LogP contribution in [0.15, 0.2) is 78.9 Å². The average Bonchev–Trinajstić information content (AvgIpc) is 2.85. The molecule has 32 heavy (non-hydrogen) atoms. The number of carbonyl (C=O) groups excluding carboxylic acids is 1. The van der Waals surface area contributed by atoms with Gasteiger partial charge in [-0.1, -0.05) is 48.5 Å². The first kappa shape index (κ1) is 21.9. The van der Waals surface area contributed by atoms with E-state index in [1.165, 1.54) is 5.56 Å². The van der Waals surface area contributed by atoms with Crippen LogP contribution in [0.25, 0.3) is 0 Å². The second-order valence-electron chi connectivity index (χ2n) is 7.91. The van der Waals surface area contributed by atoms with Crippen LogP contribution < -0.4 is 9.47 Å². The van der Waals surface area contributed by atoms with E-state index in [1.54, 1.807) is 0 Å². The number of amides is 1. The first-order valence-corrected chi connectivity index (χ1v) is 11.2. The number of rotatable bonds is 8. The van der Waals surface area contributed by atoms with Crippen LogP contribution in [0.2, 0.25) is 0 Å². The molecule has 166 valence electrons. The number of piperazine rings is 1. The van der Waals surface area contributed by atoms with Gasteiger partial charge in [-0.25, -0.2) is 0 Å². The van der Waals surface area contributed by atoms with E-state index < -0.39 is 0 Å². The zero-order valence-corrected chi connectivity index (χ0v) is 18.6. The third-order valence-corrected chi connectivity index (χ3v) is 5.65. The molecule has 0 saturated carbocycles. The van der Waals surface area contributed by atoms with Gasteiger partial charge in [0.1, 0.15) is 18.1 Å². The zero-order chi connectivity index (χ0) is 22.2. The highest BCUT2D eigenvalue weighted by Crippen LogP contribution is 2.24. The molecule has 1 aliphatic rings. The number of para-hydroxylation sites is 1. The molecule has 0 aromatic heterocycles. The zero-order valence-electron chi connectivity index (χ0n) is 18.6. The van der Waals surface area contributed by atoms with Crippen molar-refractivity contribution in [2.45, 2.75) is 20.1 Å². The Balaban J connectivity index is 1.39. The fourth-order valence-corrected chi connectivity index (χ4v) is 3.93. The van der Waals surface area contributed by atoms with Gasteiger partial charge in [0, 0.05) is 43.9 Å². The van der Waals surface area contributed by atoms with Gasteiger partial charge in [-0.05, 0) is 42.8 Å². The van der Waals surface area contributed by atoms with Crippen LogP contribution in [0, 0.1) is 0 Å². The molecule has 1 heterocycles. The van der Waals surface area contributed by atoms with E-state index in [-0.39, 0.29) is 5.91 Å². The Labute approximate surface area is 190 Å². The maximum atomic E-state index is 13.2. The Morgan fingerprint density at radius 2 is 1.53 bits per heavy atom. The van der Waals surface area contributed by atoms with Crippen LogP contribution >= 0.6 is 0 Å². The van der Waals surface area contributed by atoms with Crippen molar-refractivity contribution in [2.75, 3.05) is 32.8 Å². The molecule has 0 bridgehead atoms. The second-order valence-corrected chi connectivity index (χ2v) is 7.91. The van der Waals surface area contributed by atoms with Gasteiger partial charge < -0.3 is 14.4 Å². The summed E-state index contributed by atoms with van der Waals surface area (Å²) in [5.74, 6) is 1.61. The molecule has 5 heteroatoms. The molecule has 3 aromatic carbocycles. The lowest BCUT2D eigenvalue weighted by atomic mass is 10.1. The quantitative estimate of drug-likeness (QED) is 0.523. The average molecular weight is 431 g/mol. The molecular formula is C27H30N2O3. The summed E-state index contributed by atoms with van der Waals surface area (Å²) < 4.78 is 11.7. The van der Waals surface area contributed by atoms with Crippen LogP contribution in [0.5, 0.6) is 11.5 Å². The Bertz CT molecular complexity index is 1000. The van der Waals surface area contributed by atoms with Crippen molar-refractivity contribution in [1.29, 1.82) is 0 Å². The van der Waals surface area contributed by atoms with Crippen LogP contribution in [0.3, 0.4) is 0 Å². The standard InChI is InChI=1S/C27H30N2O3/c1-2-31-26-14-13-23(19-24(26)21-32-25-11-7-4-8-12-25)27(30)29-17-15-28(16-18-29)20-22-9-5-3-6-10-22/h3-14,19H,2,15-18,20-21H2,1H3. The van der Waals surface area contributed by atoms with Crippen LogP contribution in [-0.4, -0.2) is 48.5 Å². The molecule has 0 N–H and O–H groups in total. The molecule has 1 saturated heterocycles. The summed E-state index contributed by atoms with van der Waals surface area (Å²) in [6, 6.07) is 25.8. The van der Waals surface area contributed by atoms with Crippen molar-refractivity contribution >= 4 is 5.91 Å². The Kier molecular flexibility index (Phi) is 7.41. The Morgan fingerprint density at radius 1 is 0.844 bits per heavy atom. The molecule has 0 atom stereocenters. The molecule has 0 unspecified atom stereocenters. The fourth-order valence-electron chi connectivity index (χ4n) is 3.93. The lowest BCUT2D eigenvalue weighted by Gasteiger charge is -2.35. The summed E-state index contributed by atoms with van der Waals surface area (Å²) in [6.07, 6.45) is 0. The van der Waals surface area contributed by atoms with Crippen LogP contribution in [0.1, 0.15) is 28.4 Å². The normalized spacial score (nSPS) is 14.2. The van der Waals surface area contributed by atoms with E-state index in [0.717, 1.165) is 49.8 Å². The van der Waals surface area contributed by atoms with E-state index in [1.807, 2.05) is 66.4 Å². The Morgan fingerprint density at radius 3 is 2.22 bits per heavy atom. The van der Waals surface area contributed by atoms with E-state index in [4.69, 9.17) is 9.47 Å². The number of ether oxygens (including phenoxy) is 2. The minimum Gasteiger partial charge on any atom is -0.493 e. The van der Waals surface area contributed by atoms with Gasteiger partial charge in [0.2, 0.25) is 0 Å². The monoisotopic (exact) mass is 430 g/mol. The summed E-state index contributed by atoms with van der Waals surface area (Å²) in [4.78, 5) is 17.5. The van der Waals surface area contributed by atoms with E-state index in [2.05, 4.69) is 29.2 Å². The molecule has 1 fully saturated rings. The van der Waals surface area contributed by atoms with Crippen molar-refractivity contribution < 1.29 is 14.3 Å². The number of hydrogen-bond acceptors (Lipinski definition) is 4. The van der Waals surface area contributed by atoms with Crippen LogP contribution in [0.4, 0.5) is 0 Å². The maximum absolute atomic E-state index is 13.2. The van der Waals surface area contributed by atoms with Crippen molar-refractivity contribution in [2.24, 2.45) is 0 Å². The van der Waals surface area contributed by atoms with Gasteiger partial charge in [0.05, 0.1) is 6.61 Å². The molecular weight excluding hydrogens is 400 g/mol. The van der Waals surface area contributed by atoms with Gasteiger partial charge in [0.25, 0.3) is 5.91 Å². The van der Waals surface area contributed by atoms with Gasteiger partial charge in [-0.3, -0.25) is 9.69 Å². The van der Waals surface area contributed by atoms with Gasteiger partial charge in [-0.15, -0.1) is 0 Å². The summed E-state index contributed by atoms with van der Waals surface area (Å²) in [6.45, 7) is 7.01. The first-order valence-electron chi connectivity index (χ1n) is 11.2. The second kappa shape index (κ2) is 10.8. The molecule has 5 nitrogen and oxygen atoms in total. The predicted molar refractivity (Wildman–Crippen MR) is 126 cm³/mol. The summed E-state index contributed by atoms with van der Waals surface area (Å²) in [7, 11) is 0. The Hall–Kier alpha value is -3.31. The van der Waals surface area contributed by atoms with Crippen molar-refractivity contribution in [3.05, 3.63) is 95.6 Å². The molecule has 0 radical (unpaired) electrons. The molecule has 0 aliphatic carbocycles. The van der Waals surface area contributed by atoms with Gasteiger partial charge in [-0.2, -0.15) is 0 Å². The third kappa shape index (κ3) is 5.68. The molecule has 4 rings (SSSR count). The topological polar surface area (TPSA) is 42.0 Å².